The average molecular weight is 458 g/mol. The standard InChI is InChI=1S/C16H13BrFN3O3S2/c17-13-7-8-14(25-13)26(22,23)21-9-1-2-12(21)16-19-15(20-24-16)10-3-5-11(18)6-4-10/h3-8,12H,1-2,9H2. The fourth-order valence-electron chi connectivity index (χ4n) is 2.91. The number of rotatable bonds is 4. The largest absolute Gasteiger partial charge is 0.337 e. The van der Waals surface area contributed by atoms with Gasteiger partial charge in [0.1, 0.15) is 16.1 Å². The van der Waals surface area contributed by atoms with E-state index in [1.54, 1.807) is 24.3 Å². The third-order valence-corrected chi connectivity index (χ3v) is 8.14. The summed E-state index contributed by atoms with van der Waals surface area (Å²) in [5, 5.41) is 3.92. The molecule has 1 aromatic carbocycles. The minimum absolute atomic E-state index is 0.251. The second-order valence-corrected chi connectivity index (χ2v) is 10.4. The first-order valence-electron chi connectivity index (χ1n) is 7.82. The molecule has 3 heterocycles. The van der Waals surface area contributed by atoms with Crippen LogP contribution in [0, 0.1) is 5.82 Å². The second kappa shape index (κ2) is 6.84. The molecule has 0 amide bonds. The van der Waals surface area contributed by atoms with E-state index in [1.807, 2.05) is 0 Å². The van der Waals surface area contributed by atoms with Gasteiger partial charge < -0.3 is 4.52 Å². The number of aromatic nitrogens is 2. The number of sulfonamides is 1. The molecule has 3 aromatic rings. The lowest BCUT2D eigenvalue weighted by atomic mass is 10.2. The third-order valence-electron chi connectivity index (χ3n) is 4.14. The molecule has 136 valence electrons. The van der Waals surface area contributed by atoms with Crippen molar-refractivity contribution in [3.63, 3.8) is 0 Å². The lowest BCUT2D eigenvalue weighted by molar-refractivity contribution is 0.291. The van der Waals surface area contributed by atoms with Crippen LogP contribution in [0.5, 0.6) is 0 Å². The van der Waals surface area contributed by atoms with E-state index in [4.69, 9.17) is 4.52 Å². The van der Waals surface area contributed by atoms with E-state index in [-0.39, 0.29) is 15.9 Å². The molecule has 1 atom stereocenters. The summed E-state index contributed by atoms with van der Waals surface area (Å²) in [5.41, 5.74) is 0.607. The maximum Gasteiger partial charge on any atom is 0.253 e. The van der Waals surface area contributed by atoms with Crippen molar-refractivity contribution < 1.29 is 17.3 Å². The minimum atomic E-state index is -3.63. The highest BCUT2D eigenvalue weighted by Gasteiger charge is 2.40. The zero-order valence-corrected chi connectivity index (χ0v) is 16.5. The fraction of sp³-hybridized carbons (Fsp3) is 0.250. The number of thiophene rings is 1. The van der Waals surface area contributed by atoms with E-state index in [1.165, 1.54) is 27.8 Å². The summed E-state index contributed by atoms with van der Waals surface area (Å²) in [5.74, 6) is 0.205. The number of nitrogens with zero attached hydrogens (tertiary/aromatic N) is 3. The van der Waals surface area contributed by atoms with E-state index in [2.05, 4.69) is 26.1 Å². The van der Waals surface area contributed by atoms with E-state index in [9.17, 15) is 12.8 Å². The number of hydrogen-bond donors (Lipinski definition) is 0. The van der Waals surface area contributed by atoms with Crippen LogP contribution in [0.3, 0.4) is 0 Å². The van der Waals surface area contributed by atoms with Crippen LogP contribution in [0.15, 0.2) is 48.9 Å². The molecular formula is C16H13BrFN3O3S2. The number of benzene rings is 1. The van der Waals surface area contributed by atoms with Gasteiger partial charge in [-0.15, -0.1) is 11.3 Å². The molecule has 10 heteroatoms. The first-order chi connectivity index (χ1) is 12.4. The molecule has 1 fully saturated rings. The van der Waals surface area contributed by atoms with E-state index < -0.39 is 16.1 Å². The van der Waals surface area contributed by atoms with Crippen molar-refractivity contribution in [1.29, 1.82) is 0 Å². The summed E-state index contributed by atoms with van der Waals surface area (Å²) in [6.07, 6.45) is 1.32. The highest BCUT2D eigenvalue weighted by atomic mass is 79.9. The Hall–Kier alpha value is -1.62. The van der Waals surface area contributed by atoms with Crippen LogP contribution < -0.4 is 0 Å². The summed E-state index contributed by atoms with van der Waals surface area (Å²) < 4.78 is 46.7. The quantitative estimate of drug-likeness (QED) is 0.585. The van der Waals surface area contributed by atoms with Crippen molar-refractivity contribution in [2.45, 2.75) is 23.1 Å². The SMILES string of the molecule is O=S(=O)(c1ccc(Br)s1)N1CCCC1c1nc(-c2ccc(F)cc2)no1. The Morgan fingerprint density at radius 2 is 2.00 bits per heavy atom. The Labute approximate surface area is 161 Å². The van der Waals surface area contributed by atoms with Gasteiger partial charge in [-0.25, -0.2) is 12.8 Å². The van der Waals surface area contributed by atoms with Crippen LogP contribution in [-0.4, -0.2) is 29.4 Å². The van der Waals surface area contributed by atoms with E-state index in [0.29, 0.717) is 30.8 Å². The first kappa shape index (κ1) is 17.8. The second-order valence-electron chi connectivity index (χ2n) is 5.80. The van der Waals surface area contributed by atoms with Gasteiger partial charge in [-0.05, 0) is 65.2 Å². The summed E-state index contributed by atoms with van der Waals surface area (Å²) in [7, 11) is -3.63. The summed E-state index contributed by atoms with van der Waals surface area (Å²) in [6, 6.07) is 8.52. The summed E-state index contributed by atoms with van der Waals surface area (Å²) in [6.45, 7) is 0.400. The van der Waals surface area contributed by atoms with Crippen molar-refractivity contribution in [3.05, 3.63) is 51.9 Å². The predicted molar refractivity (Wildman–Crippen MR) is 97.6 cm³/mol. The molecule has 0 spiro atoms. The van der Waals surface area contributed by atoms with Crippen molar-refractivity contribution >= 4 is 37.3 Å². The molecule has 0 N–H and O–H groups in total. The normalized spacial score (nSPS) is 18.5. The molecule has 0 bridgehead atoms. The molecule has 26 heavy (non-hydrogen) atoms. The molecule has 1 aliphatic rings. The summed E-state index contributed by atoms with van der Waals surface area (Å²) in [4.78, 5) is 4.34. The monoisotopic (exact) mass is 457 g/mol. The van der Waals surface area contributed by atoms with E-state index >= 15 is 0 Å². The van der Waals surface area contributed by atoms with Gasteiger partial charge in [0.15, 0.2) is 0 Å². The Morgan fingerprint density at radius 1 is 1.23 bits per heavy atom. The third kappa shape index (κ3) is 3.22. The van der Waals surface area contributed by atoms with Crippen molar-refractivity contribution in [1.82, 2.24) is 14.4 Å². The van der Waals surface area contributed by atoms with Crippen molar-refractivity contribution in [2.75, 3.05) is 6.54 Å². The zero-order chi connectivity index (χ0) is 18.3. The topological polar surface area (TPSA) is 76.3 Å². The van der Waals surface area contributed by atoms with Gasteiger partial charge in [0, 0.05) is 12.1 Å². The predicted octanol–water partition coefficient (Wildman–Crippen LogP) is 4.23. The van der Waals surface area contributed by atoms with Crippen LogP contribution in [0.1, 0.15) is 24.8 Å². The van der Waals surface area contributed by atoms with Crippen LogP contribution >= 0.6 is 27.3 Å². The van der Waals surface area contributed by atoms with Gasteiger partial charge in [-0.2, -0.15) is 9.29 Å². The molecule has 0 aliphatic carbocycles. The van der Waals surface area contributed by atoms with Crippen LogP contribution in [0.4, 0.5) is 4.39 Å². The van der Waals surface area contributed by atoms with Gasteiger partial charge in [0.05, 0.1) is 3.79 Å². The van der Waals surface area contributed by atoms with Crippen LogP contribution in [-0.2, 0) is 10.0 Å². The molecule has 4 rings (SSSR count). The zero-order valence-electron chi connectivity index (χ0n) is 13.3. The Morgan fingerprint density at radius 3 is 2.69 bits per heavy atom. The summed E-state index contributed by atoms with van der Waals surface area (Å²) >= 11 is 4.46. The molecule has 1 saturated heterocycles. The lowest BCUT2D eigenvalue weighted by Gasteiger charge is -2.20. The Balaban J connectivity index is 1.64. The molecule has 0 radical (unpaired) electrons. The highest BCUT2D eigenvalue weighted by Crippen LogP contribution is 2.38. The van der Waals surface area contributed by atoms with Gasteiger partial charge in [0.25, 0.3) is 10.0 Å². The lowest BCUT2D eigenvalue weighted by Crippen LogP contribution is -2.30. The molecule has 1 aliphatic heterocycles. The Bertz CT molecular complexity index is 1030. The van der Waals surface area contributed by atoms with Gasteiger partial charge in [0.2, 0.25) is 11.7 Å². The molecule has 0 saturated carbocycles. The van der Waals surface area contributed by atoms with Gasteiger partial charge >= 0.3 is 0 Å². The van der Waals surface area contributed by atoms with E-state index in [0.717, 1.165) is 3.79 Å². The first-order valence-corrected chi connectivity index (χ1v) is 10.9. The van der Waals surface area contributed by atoms with Crippen LogP contribution in [0.2, 0.25) is 0 Å². The smallest absolute Gasteiger partial charge is 0.253 e. The average Bonchev–Trinajstić information content (AvgIpc) is 3.35. The molecule has 6 nitrogen and oxygen atoms in total. The maximum atomic E-state index is 13.1. The van der Waals surface area contributed by atoms with Crippen LogP contribution in [0.25, 0.3) is 11.4 Å². The molecular weight excluding hydrogens is 445 g/mol. The fourth-order valence-corrected chi connectivity index (χ4v) is 6.70. The van der Waals surface area contributed by atoms with Crippen molar-refractivity contribution in [2.24, 2.45) is 0 Å². The molecule has 2 aromatic heterocycles. The number of halogens is 2. The Kier molecular flexibility index (Phi) is 4.68. The highest BCUT2D eigenvalue weighted by molar-refractivity contribution is 9.11. The molecule has 1 unspecified atom stereocenters. The number of hydrogen-bond acceptors (Lipinski definition) is 6. The van der Waals surface area contributed by atoms with Gasteiger partial charge in [-0.3, -0.25) is 0 Å². The van der Waals surface area contributed by atoms with Crippen molar-refractivity contribution in [3.8, 4) is 11.4 Å². The minimum Gasteiger partial charge on any atom is -0.337 e. The van der Waals surface area contributed by atoms with Gasteiger partial charge in [-0.1, -0.05) is 5.16 Å². The maximum absolute atomic E-state index is 13.1.